The van der Waals surface area contributed by atoms with Gasteiger partial charge in [0.2, 0.25) is 5.91 Å². The molecular formula is C26H22FN3O5. The molecule has 1 aromatic heterocycles. The molecule has 4 aromatic rings. The van der Waals surface area contributed by atoms with Crippen molar-refractivity contribution in [1.29, 1.82) is 0 Å². The average molecular weight is 475 g/mol. The number of pyridine rings is 1. The van der Waals surface area contributed by atoms with Gasteiger partial charge in [0.15, 0.2) is 12.0 Å². The van der Waals surface area contributed by atoms with Gasteiger partial charge in [-0.25, -0.2) is 4.39 Å². The van der Waals surface area contributed by atoms with Crippen LogP contribution in [0.25, 0.3) is 21.8 Å². The van der Waals surface area contributed by atoms with Crippen LogP contribution < -0.4 is 10.7 Å². The van der Waals surface area contributed by atoms with E-state index in [1.807, 2.05) is 0 Å². The highest BCUT2D eigenvalue weighted by molar-refractivity contribution is 5.96. The first-order valence-electron chi connectivity index (χ1n) is 10.8. The van der Waals surface area contributed by atoms with E-state index >= 15 is 0 Å². The van der Waals surface area contributed by atoms with E-state index in [4.69, 9.17) is 4.74 Å². The average Bonchev–Trinajstić information content (AvgIpc) is 2.86. The van der Waals surface area contributed by atoms with Gasteiger partial charge in [-0.15, -0.1) is 0 Å². The van der Waals surface area contributed by atoms with Crippen molar-refractivity contribution in [3.8, 4) is 0 Å². The van der Waals surface area contributed by atoms with Crippen molar-refractivity contribution in [2.75, 3.05) is 25.5 Å². The normalized spacial score (nSPS) is 10.8. The SMILES string of the molecule is CN(CC(=O)Nc1ccc(F)cc1)C(=O)COC(=O)Cn1c2ccccc2c(=O)c2ccccc21. The minimum Gasteiger partial charge on any atom is -0.454 e. The zero-order valence-electron chi connectivity index (χ0n) is 18.9. The number of para-hydroxylation sites is 2. The largest absolute Gasteiger partial charge is 0.454 e. The lowest BCUT2D eigenvalue weighted by atomic mass is 10.1. The Hall–Kier alpha value is -4.53. The molecule has 0 bridgehead atoms. The van der Waals surface area contributed by atoms with Gasteiger partial charge < -0.3 is 19.5 Å². The van der Waals surface area contributed by atoms with Crippen LogP contribution in [0.4, 0.5) is 10.1 Å². The fraction of sp³-hybridized carbons (Fsp3) is 0.154. The fourth-order valence-electron chi connectivity index (χ4n) is 3.71. The van der Waals surface area contributed by atoms with Gasteiger partial charge in [0.1, 0.15) is 12.4 Å². The maximum atomic E-state index is 13.0. The smallest absolute Gasteiger partial charge is 0.326 e. The molecule has 1 heterocycles. The molecule has 0 saturated heterocycles. The van der Waals surface area contributed by atoms with Crippen molar-refractivity contribution in [3.05, 3.63) is 88.8 Å². The predicted octanol–water partition coefficient (Wildman–Crippen LogP) is 2.93. The zero-order chi connectivity index (χ0) is 24.9. The summed E-state index contributed by atoms with van der Waals surface area (Å²) >= 11 is 0. The van der Waals surface area contributed by atoms with Crippen molar-refractivity contribution in [3.63, 3.8) is 0 Å². The number of carbonyl (C=O) groups excluding carboxylic acids is 3. The second-order valence-corrected chi connectivity index (χ2v) is 7.92. The summed E-state index contributed by atoms with van der Waals surface area (Å²) in [6.45, 7) is -1.03. The summed E-state index contributed by atoms with van der Waals surface area (Å²) in [4.78, 5) is 51.0. The Morgan fingerprint density at radius 2 is 1.49 bits per heavy atom. The van der Waals surface area contributed by atoms with Crippen molar-refractivity contribution in [2.45, 2.75) is 6.54 Å². The number of ether oxygens (including phenoxy) is 1. The highest BCUT2D eigenvalue weighted by atomic mass is 19.1. The molecule has 0 aliphatic carbocycles. The van der Waals surface area contributed by atoms with E-state index in [9.17, 15) is 23.6 Å². The number of hydrogen-bond donors (Lipinski definition) is 1. The monoisotopic (exact) mass is 475 g/mol. The number of likely N-dealkylation sites (N-methyl/N-ethyl adjacent to an activating group) is 1. The zero-order valence-corrected chi connectivity index (χ0v) is 18.9. The van der Waals surface area contributed by atoms with E-state index in [0.717, 1.165) is 4.90 Å². The summed E-state index contributed by atoms with van der Waals surface area (Å²) in [7, 11) is 1.41. The summed E-state index contributed by atoms with van der Waals surface area (Å²) < 4.78 is 19.8. The number of amides is 2. The van der Waals surface area contributed by atoms with Crippen molar-refractivity contribution in [1.82, 2.24) is 9.47 Å². The number of aromatic nitrogens is 1. The first kappa shape index (κ1) is 23.6. The Balaban J connectivity index is 1.39. The van der Waals surface area contributed by atoms with Crippen LogP contribution in [0, 0.1) is 5.82 Å². The van der Waals surface area contributed by atoms with Crippen molar-refractivity contribution in [2.24, 2.45) is 0 Å². The molecule has 0 atom stereocenters. The number of rotatable bonds is 7. The minimum atomic E-state index is -0.665. The number of anilines is 1. The maximum Gasteiger partial charge on any atom is 0.326 e. The third kappa shape index (κ3) is 5.35. The highest BCUT2D eigenvalue weighted by Gasteiger charge is 2.17. The molecule has 35 heavy (non-hydrogen) atoms. The summed E-state index contributed by atoms with van der Waals surface area (Å²) in [6.07, 6.45) is 0. The molecule has 9 heteroatoms. The first-order valence-corrected chi connectivity index (χ1v) is 10.8. The molecule has 0 aliphatic rings. The number of nitrogens with zero attached hydrogens (tertiary/aromatic N) is 2. The molecule has 0 radical (unpaired) electrons. The van der Waals surface area contributed by atoms with Crippen LogP contribution in [0.15, 0.2) is 77.6 Å². The molecule has 178 valence electrons. The number of nitrogens with one attached hydrogen (secondary N) is 1. The summed E-state index contributed by atoms with van der Waals surface area (Å²) in [5.74, 6) is -2.14. The van der Waals surface area contributed by atoms with Crippen LogP contribution in [0.1, 0.15) is 0 Å². The van der Waals surface area contributed by atoms with Crippen LogP contribution in [0.2, 0.25) is 0 Å². The van der Waals surface area contributed by atoms with Gasteiger partial charge in [0.05, 0.1) is 17.6 Å². The van der Waals surface area contributed by atoms with E-state index < -0.39 is 30.2 Å². The molecule has 1 N–H and O–H groups in total. The minimum absolute atomic E-state index is 0.128. The van der Waals surface area contributed by atoms with Crippen molar-refractivity contribution < 1.29 is 23.5 Å². The van der Waals surface area contributed by atoms with E-state index in [-0.39, 0.29) is 18.5 Å². The van der Waals surface area contributed by atoms with Crippen LogP contribution >= 0.6 is 0 Å². The number of halogens is 1. The number of benzene rings is 3. The molecule has 0 unspecified atom stereocenters. The van der Waals surface area contributed by atoms with E-state index in [2.05, 4.69) is 5.32 Å². The van der Waals surface area contributed by atoms with Gasteiger partial charge >= 0.3 is 5.97 Å². The van der Waals surface area contributed by atoms with Crippen molar-refractivity contribution >= 4 is 45.3 Å². The molecule has 2 amide bonds. The maximum absolute atomic E-state index is 13.0. The number of carbonyl (C=O) groups is 3. The van der Waals surface area contributed by atoms with Crippen LogP contribution in [0.5, 0.6) is 0 Å². The summed E-state index contributed by atoms with van der Waals surface area (Å²) in [6, 6.07) is 19.2. The van der Waals surface area contributed by atoms with Gasteiger partial charge in [-0.3, -0.25) is 19.2 Å². The number of fused-ring (bicyclic) bond motifs is 2. The van der Waals surface area contributed by atoms with Gasteiger partial charge in [-0.2, -0.15) is 0 Å². The Kier molecular flexibility index (Phi) is 6.86. The lowest BCUT2D eigenvalue weighted by Crippen LogP contribution is -2.37. The highest BCUT2D eigenvalue weighted by Crippen LogP contribution is 2.19. The molecule has 0 spiro atoms. The molecule has 0 saturated carbocycles. The number of esters is 1. The Morgan fingerprint density at radius 3 is 2.09 bits per heavy atom. The van der Waals surface area contributed by atoms with E-state index in [0.29, 0.717) is 27.5 Å². The van der Waals surface area contributed by atoms with Gasteiger partial charge in [0.25, 0.3) is 5.91 Å². The van der Waals surface area contributed by atoms with E-state index in [1.54, 1.807) is 53.1 Å². The Bertz CT molecular complexity index is 1420. The summed E-state index contributed by atoms with van der Waals surface area (Å²) in [5.41, 5.74) is 1.42. The molecule has 4 rings (SSSR count). The predicted molar refractivity (Wildman–Crippen MR) is 129 cm³/mol. The number of hydrogen-bond acceptors (Lipinski definition) is 5. The lowest BCUT2D eigenvalue weighted by Gasteiger charge is -2.18. The Labute approximate surface area is 199 Å². The Morgan fingerprint density at radius 1 is 0.914 bits per heavy atom. The van der Waals surface area contributed by atoms with E-state index in [1.165, 1.54) is 31.3 Å². The van der Waals surface area contributed by atoms with Gasteiger partial charge in [-0.05, 0) is 48.5 Å². The molecule has 0 aliphatic heterocycles. The quantitative estimate of drug-likeness (QED) is 0.327. The molecule has 3 aromatic carbocycles. The van der Waals surface area contributed by atoms with Gasteiger partial charge in [0, 0.05) is 23.5 Å². The molecule has 0 fully saturated rings. The third-order valence-corrected chi connectivity index (χ3v) is 5.46. The molecular weight excluding hydrogens is 453 g/mol. The second-order valence-electron chi connectivity index (χ2n) is 7.92. The second kappa shape index (κ2) is 10.2. The van der Waals surface area contributed by atoms with Crippen LogP contribution in [-0.2, 0) is 25.7 Å². The summed E-state index contributed by atoms with van der Waals surface area (Å²) in [5, 5.41) is 3.50. The van der Waals surface area contributed by atoms with Gasteiger partial charge in [-0.1, -0.05) is 24.3 Å². The standard InChI is InChI=1S/C26H22FN3O5/c1-29(14-23(31)28-18-12-10-17(27)11-13-18)24(32)16-35-25(33)15-30-21-8-4-2-6-19(21)26(34)20-7-3-5-9-22(20)30/h2-13H,14-16H2,1H3,(H,28,31). The lowest BCUT2D eigenvalue weighted by molar-refractivity contribution is -0.152. The first-order chi connectivity index (χ1) is 16.8. The topological polar surface area (TPSA) is 97.7 Å². The van der Waals surface area contributed by atoms with Crippen LogP contribution in [-0.4, -0.2) is 47.4 Å². The third-order valence-electron chi connectivity index (χ3n) is 5.46. The fourth-order valence-corrected chi connectivity index (χ4v) is 3.71. The van der Waals surface area contributed by atoms with Crippen LogP contribution in [0.3, 0.4) is 0 Å². The molecule has 8 nitrogen and oxygen atoms in total.